The lowest BCUT2D eigenvalue weighted by Crippen LogP contribution is -2.37. The van der Waals surface area contributed by atoms with Crippen LogP contribution in [0, 0.1) is 0 Å². The zero-order valence-corrected chi connectivity index (χ0v) is 13.3. The molecule has 0 radical (unpaired) electrons. The molecule has 2 aliphatic heterocycles. The fourth-order valence-electron chi connectivity index (χ4n) is 2.27. The summed E-state index contributed by atoms with van der Waals surface area (Å²) in [5.74, 6) is -0.491. The molecule has 7 heteroatoms. The molecule has 2 saturated heterocycles. The average Bonchev–Trinajstić information content (AvgIpc) is 2.91. The lowest BCUT2D eigenvalue weighted by molar-refractivity contribution is -0.148. The number of hydrogen-bond donors (Lipinski definition) is 0. The summed E-state index contributed by atoms with van der Waals surface area (Å²) >= 11 is 0. The zero-order chi connectivity index (χ0) is 16.5. The Hall–Kier alpha value is -1.60. The van der Waals surface area contributed by atoms with Gasteiger partial charge in [-0.1, -0.05) is 6.58 Å². The van der Waals surface area contributed by atoms with Crippen molar-refractivity contribution in [3.8, 4) is 0 Å². The highest BCUT2D eigenvalue weighted by atomic mass is 16.8. The normalized spacial score (nSPS) is 30.5. The third kappa shape index (κ3) is 3.98. The van der Waals surface area contributed by atoms with E-state index in [1.807, 2.05) is 0 Å². The minimum atomic E-state index is -0.771. The lowest BCUT2D eigenvalue weighted by Gasteiger charge is -2.22. The van der Waals surface area contributed by atoms with E-state index in [1.54, 1.807) is 27.7 Å². The highest BCUT2D eigenvalue weighted by molar-refractivity contribution is 5.87. The van der Waals surface area contributed by atoms with Crippen LogP contribution in [-0.2, 0) is 28.5 Å². The Balaban J connectivity index is 1.89. The highest BCUT2D eigenvalue weighted by Crippen LogP contribution is 2.31. The van der Waals surface area contributed by atoms with Gasteiger partial charge >= 0.3 is 12.1 Å². The number of carbonyl (C=O) groups is 2. The van der Waals surface area contributed by atoms with Crippen molar-refractivity contribution >= 4 is 12.1 Å². The summed E-state index contributed by atoms with van der Waals surface area (Å²) < 4.78 is 26.7. The SMILES string of the molecule is C=C(C)C(=O)O[C@H]1CO[C@H]2[C@H]1OC[C@H]2OC(=O)OC(C)(C)C. The van der Waals surface area contributed by atoms with Gasteiger partial charge in [0.2, 0.25) is 0 Å². The van der Waals surface area contributed by atoms with Crippen LogP contribution in [0.4, 0.5) is 4.79 Å². The average molecular weight is 314 g/mol. The second kappa shape index (κ2) is 6.26. The van der Waals surface area contributed by atoms with Crippen LogP contribution >= 0.6 is 0 Å². The summed E-state index contributed by atoms with van der Waals surface area (Å²) in [6, 6.07) is 0. The summed E-state index contributed by atoms with van der Waals surface area (Å²) in [4.78, 5) is 23.3. The molecule has 2 heterocycles. The summed E-state index contributed by atoms with van der Waals surface area (Å²) in [5.41, 5.74) is -0.325. The Kier molecular flexibility index (Phi) is 4.77. The first-order valence-electron chi connectivity index (χ1n) is 7.16. The van der Waals surface area contributed by atoms with Crippen molar-refractivity contribution in [1.82, 2.24) is 0 Å². The third-order valence-corrected chi connectivity index (χ3v) is 3.21. The van der Waals surface area contributed by atoms with E-state index in [0.29, 0.717) is 5.57 Å². The number of carbonyl (C=O) groups excluding carboxylic acids is 2. The number of rotatable bonds is 3. The molecule has 0 unspecified atom stereocenters. The lowest BCUT2D eigenvalue weighted by atomic mass is 10.1. The maximum Gasteiger partial charge on any atom is 0.509 e. The van der Waals surface area contributed by atoms with Crippen LogP contribution in [0.3, 0.4) is 0 Å². The molecule has 0 amide bonds. The molecule has 0 N–H and O–H groups in total. The fraction of sp³-hybridized carbons (Fsp3) is 0.733. The molecule has 0 spiro atoms. The van der Waals surface area contributed by atoms with Gasteiger partial charge < -0.3 is 23.7 Å². The van der Waals surface area contributed by atoms with Gasteiger partial charge in [-0.2, -0.15) is 0 Å². The van der Waals surface area contributed by atoms with Gasteiger partial charge in [0.1, 0.15) is 17.8 Å². The molecule has 124 valence electrons. The van der Waals surface area contributed by atoms with E-state index in [9.17, 15) is 9.59 Å². The van der Waals surface area contributed by atoms with Crippen LogP contribution in [0.5, 0.6) is 0 Å². The highest BCUT2D eigenvalue weighted by Gasteiger charge is 2.51. The van der Waals surface area contributed by atoms with Crippen molar-refractivity contribution in [3.05, 3.63) is 12.2 Å². The van der Waals surface area contributed by atoms with Crippen molar-refractivity contribution in [3.63, 3.8) is 0 Å². The van der Waals surface area contributed by atoms with Crippen molar-refractivity contribution in [2.45, 2.75) is 57.7 Å². The van der Waals surface area contributed by atoms with Gasteiger partial charge in [0.25, 0.3) is 0 Å². The smallest absolute Gasteiger partial charge is 0.454 e. The van der Waals surface area contributed by atoms with Gasteiger partial charge in [0.15, 0.2) is 12.2 Å². The second-order valence-corrected chi connectivity index (χ2v) is 6.44. The molecule has 2 fully saturated rings. The fourth-order valence-corrected chi connectivity index (χ4v) is 2.27. The van der Waals surface area contributed by atoms with Crippen LogP contribution in [0.15, 0.2) is 12.2 Å². The first kappa shape index (κ1) is 16.8. The molecule has 0 aromatic carbocycles. The van der Waals surface area contributed by atoms with Gasteiger partial charge in [-0.15, -0.1) is 0 Å². The first-order chi connectivity index (χ1) is 10.2. The maximum absolute atomic E-state index is 11.7. The largest absolute Gasteiger partial charge is 0.509 e. The third-order valence-electron chi connectivity index (χ3n) is 3.21. The van der Waals surface area contributed by atoms with Crippen LogP contribution in [-0.4, -0.2) is 55.4 Å². The van der Waals surface area contributed by atoms with E-state index >= 15 is 0 Å². The van der Waals surface area contributed by atoms with Crippen LogP contribution in [0.1, 0.15) is 27.7 Å². The monoisotopic (exact) mass is 314 g/mol. The quantitative estimate of drug-likeness (QED) is 0.578. The van der Waals surface area contributed by atoms with E-state index in [2.05, 4.69) is 6.58 Å². The molecule has 22 heavy (non-hydrogen) atoms. The summed E-state index contributed by atoms with van der Waals surface area (Å²) in [6.07, 6.45) is -2.78. The predicted octanol–water partition coefficient (Wildman–Crippen LogP) is 1.59. The van der Waals surface area contributed by atoms with Crippen LogP contribution < -0.4 is 0 Å². The number of ether oxygens (including phenoxy) is 5. The zero-order valence-electron chi connectivity index (χ0n) is 13.3. The summed E-state index contributed by atoms with van der Waals surface area (Å²) in [7, 11) is 0. The summed E-state index contributed by atoms with van der Waals surface area (Å²) in [6.45, 7) is 10.7. The molecule has 0 aromatic heterocycles. The topological polar surface area (TPSA) is 80.3 Å². The van der Waals surface area contributed by atoms with Gasteiger partial charge in [-0.25, -0.2) is 9.59 Å². The molecular formula is C15H22O7. The maximum atomic E-state index is 11.7. The van der Waals surface area contributed by atoms with Gasteiger partial charge in [0, 0.05) is 5.57 Å². The molecule has 0 aromatic rings. The molecule has 2 aliphatic rings. The predicted molar refractivity (Wildman–Crippen MR) is 75.3 cm³/mol. The Morgan fingerprint density at radius 1 is 1.05 bits per heavy atom. The molecule has 0 saturated carbocycles. The molecule has 2 rings (SSSR count). The van der Waals surface area contributed by atoms with Gasteiger partial charge in [-0.05, 0) is 27.7 Å². The Labute approximate surface area is 129 Å². The van der Waals surface area contributed by atoms with Crippen molar-refractivity contribution in [1.29, 1.82) is 0 Å². The molecule has 7 nitrogen and oxygen atoms in total. The van der Waals surface area contributed by atoms with Gasteiger partial charge in [0.05, 0.1) is 13.2 Å². The molecule has 0 aliphatic carbocycles. The van der Waals surface area contributed by atoms with Crippen molar-refractivity contribution in [2.24, 2.45) is 0 Å². The van der Waals surface area contributed by atoms with Crippen molar-refractivity contribution < 1.29 is 33.3 Å². The Morgan fingerprint density at radius 2 is 1.55 bits per heavy atom. The minimum Gasteiger partial charge on any atom is -0.454 e. The van der Waals surface area contributed by atoms with E-state index in [-0.39, 0.29) is 13.2 Å². The Morgan fingerprint density at radius 3 is 2.00 bits per heavy atom. The van der Waals surface area contributed by atoms with E-state index in [1.165, 1.54) is 0 Å². The van der Waals surface area contributed by atoms with E-state index in [4.69, 9.17) is 23.7 Å². The van der Waals surface area contributed by atoms with E-state index < -0.39 is 42.1 Å². The number of fused-ring (bicyclic) bond motifs is 1. The molecule has 4 atom stereocenters. The van der Waals surface area contributed by atoms with Crippen molar-refractivity contribution in [2.75, 3.05) is 13.2 Å². The Bertz CT molecular complexity index is 465. The van der Waals surface area contributed by atoms with E-state index in [0.717, 1.165) is 0 Å². The van der Waals surface area contributed by atoms with Crippen LogP contribution in [0.2, 0.25) is 0 Å². The van der Waals surface area contributed by atoms with Gasteiger partial charge in [-0.3, -0.25) is 0 Å². The number of esters is 1. The van der Waals surface area contributed by atoms with Crippen LogP contribution in [0.25, 0.3) is 0 Å². The summed E-state index contributed by atoms with van der Waals surface area (Å²) in [5, 5.41) is 0. The molecular weight excluding hydrogens is 292 g/mol. The standard InChI is InChI=1S/C15H22O7/c1-8(2)13(16)20-9-6-18-12-10(7-19-11(9)12)21-14(17)22-15(3,4)5/h9-12H,1,6-7H2,2-5H3/t9-,10+,11-,12+/m0/s1. The first-order valence-corrected chi connectivity index (χ1v) is 7.16. The molecule has 0 bridgehead atoms. The minimum absolute atomic E-state index is 0.176. The number of hydrogen-bond acceptors (Lipinski definition) is 7. The second-order valence-electron chi connectivity index (χ2n) is 6.44.